The van der Waals surface area contributed by atoms with Gasteiger partial charge in [-0.25, -0.2) is 0 Å². The van der Waals surface area contributed by atoms with Crippen LogP contribution in [0.5, 0.6) is 23.0 Å². The van der Waals surface area contributed by atoms with Crippen LogP contribution in [0.15, 0.2) is 72.8 Å². The number of hydrogen-bond acceptors (Lipinski definition) is 5. The number of phenols is 3. The number of ketones is 1. The van der Waals surface area contributed by atoms with Gasteiger partial charge in [0, 0.05) is 12.8 Å². The molecule has 3 rings (SSSR count). The van der Waals surface area contributed by atoms with Crippen molar-refractivity contribution in [3.63, 3.8) is 0 Å². The van der Waals surface area contributed by atoms with Crippen molar-refractivity contribution in [1.29, 1.82) is 0 Å². The smallest absolute Gasteiger partial charge is 0.161 e. The Hall–Kier alpha value is -3.73. The van der Waals surface area contributed by atoms with Crippen molar-refractivity contribution < 1.29 is 24.9 Å². The molecule has 0 bridgehead atoms. The van der Waals surface area contributed by atoms with Gasteiger partial charge in [-0.15, -0.1) is 0 Å². The molecule has 0 radical (unpaired) electrons. The Morgan fingerprint density at radius 1 is 0.875 bits per heavy atom. The molecule has 0 saturated heterocycles. The van der Waals surface area contributed by atoms with E-state index in [-0.39, 0.29) is 23.0 Å². The molecule has 0 aliphatic rings. The maximum atomic E-state index is 12.6. The number of aryl methyl sites for hydroxylation is 1. The average molecular weight is 545 g/mol. The maximum Gasteiger partial charge on any atom is 0.161 e. The fourth-order valence-electron chi connectivity index (χ4n) is 4.74. The summed E-state index contributed by atoms with van der Waals surface area (Å²) in [4.78, 5) is 12.6. The Kier molecular flexibility index (Phi) is 12.1. The predicted molar refractivity (Wildman–Crippen MR) is 162 cm³/mol. The summed E-state index contributed by atoms with van der Waals surface area (Å²) >= 11 is 0. The molecule has 3 N–H and O–H groups in total. The van der Waals surface area contributed by atoms with Gasteiger partial charge in [0.2, 0.25) is 0 Å². The Labute approximate surface area is 239 Å². The van der Waals surface area contributed by atoms with Gasteiger partial charge in [-0.3, -0.25) is 4.79 Å². The van der Waals surface area contributed by atoms with Gasteiger partial charge in [-0.05, 0) is 95.8 Å². The zero-order valence-electron chi connectivity index (χ0n) is 24.1. The molecule has 0 heterocycles. The number of hydrogen-bond donors (Lipinski definition) is 3. The summed E-state index contributed by atoms with van der Waals surface area (Å²) in [6.45, 7) is 7.00. The van der Waals surface area contributed by atoms with E-state index in [4.69, 9.17) is 4.74 Å². The topological polar surface area (TPSA) is 87.0 Å². The van der Waals surface area contributed by atoms with E-state index in [2.05, 4.69) is 26.8 Å². The number of phenolic OH excluding ortho intramolecular Hbond substituents is 3. The van der Waals surface area contributed by atoms with Gasteiger partial charge >= 0.3 is 0 Å². The van der Waals surface area contributed by atoms with Crippen molar-refractivity contribution in [2.45, 2.75) is 72.1 Å². The molecule has 0 saturated carbocycles. The van der Waals surface area contributed by atoms with Gasteiger partial charge in [0.1, 0.15) is 11.5 Å². The van der Waals surface area contributed by atoms with Crippen LogP contribution in [-0.4, -0.2) is 27.7 Å². The molecule has 1 atom stereocenters. The van der Waals surface area contributed by atoms with E-state index < -0.39 is 0 Å². The predicted octanol–water partition coefficient (Wildman–Crippen LogP) is 8.39. The summed E-state index contributed by atoms with van der Waals surface area (Å²) in [6.07, 6.45) is 11.2. The molecule has 3 aromatic carbocycles. The van der Waals surface area contributed by atoms with Crippen LogP contribution in [0.3, 0.4) is 0 Å². The molecule has 40 heavy (non-hydrogen) atoms. The fourth-order valence-corrected chi connectivity index (χ4v) is 4.74. The monoisotopic (exact) mass is 544 g/mol. The van der Waals surface area contributed by atoms with E-state index in [0.717, 1.165) is 35.1 Å². The van der Waals surface area contributed by atoms with E-state index >= 15 is 0 Å². The Morgan fingerprint density at radius 2 is 1.62 bits per heavy atom. The van der Waals surface area contributed by atoms with Crippen LogP contribution in [-0.2, 0) is 17.6 Å². The quantitative estimate of drug-likeness (QED) is 0.158. The molecule has 5 heteroatoms. The number of carbonyl (C=O) groups excluding carboxylic acids is 1. The Balaban J connectivity index is 1.57. The lowest BCUT2D eigenvalue weighted by Gasteiger charge is -2.14. The van der Waals surface area contributed by atoms with E-state index in [1.165, 1.54) is 19.3 Å². The Bertz CT molecular complexity index is 1240. The van der Waals surface area contributed by atoms with Gasteiger partial charge in [0.05, 0.1) is 6.61 Å². The van der Waals surface area contributed by atoms with Crippen LogP contribution in [0, 0.1) is 11.8 Å². The first-order valence-electron chi connectivity index (χ1n) is 14.5. The second-order valence-corrected chi connectivity index (χ2v) is 11.0. The summed E-state index contributed by atoms with van der Waals surface area (Å²) in [5.74, 6) is 2.04. The third-order valence-electron chi connectivity index (χ3n) is 7.18. The summed E-state index contributed by atoms with van der Waals surface area (Å²) < 4.78 is 5.94. The first-order valence-corrected chi connectivity index (χ1v) is 14.5. The molecular weight excluding hydrogens is 500 g/mol. The number of unbranched alkanes of at least 4 members (excludes halogenated alkanes) is 1. The molecule has 0 spiro atoms. The van der Waals surface area contributed by atoms with Crippen LogP contribution in [0.4, 0.5) is 0 Å². The third kappa shape index (κ3) is 10.1. The van der Waals surface area contributed by atoms with Gasteiger partial charge < -0.3 is 20.1 Å². The molecule has 0 aliphatic heterocycles. The second-order valence-electron chi connectivity index (χ2n) is 11.0. The van der Waals surface area contributed by atoms with E-state index in [1.54, 1.807) is 54.6 Å². The van der Waals surface area contributed by atoms with Crippen molar-refractivity contribution in [2.24, 2.45) is 11.8 Å². The molecule has 0 aromatic heterocycles. The third-order valence-corrected chi connectivity index (χ3v) is 7.18. The summed E-state index contributed by atoms with van der Waals surface area (Å²) in [5.41, 5.74) is 3.65. The highest BCUT2D eigenvalue weighted by atomic mass is 16.5. The number of aromatic hydroxyl groups is 3. The van der Waals surface area contributed by atoms with E-state index in [0.29, 0.717) is 43.5 Å². The summed E-state index contributed by atoms with van der Waals surface area (Å²) in [5, 5.41) is 30.0. The van der Waals surface area contributed by atoms with Crippen molar-refractivity contribution in [3.05, 3.63) is 83.9 Å². The van der Waals surface area contributed by atoms with Gasteiger partial charge in [0.25, 0.3) is 0 Å². The minimum absolute atomic E-state index is 0.0587. The van der Waals surface area contributed by atoms with Crippen LogP contribution < -0.4 is 4.74 Å². The van der Waals surface area contributed by atoms with E-state index in [1.807, 2.05) is 12.1 Å². The van der Waals surface area contributed by atoms with Gasteiger partial charge in [-0.2, -0.15) is 0 Å². The SMILES string of the molecule is CCCC[C@H](C=CC(=O)CCc1ccc(O)c(OCCc2ccc(O)cc2-c2ccc(O)cc2)c1)CCC(C)C. The molecule has 0 unspecified atom stereocenters. The minimum Gasteiger partial charge on any atom is -0.508 e. The number of rotatable bonds is 16. The van der Waals surface area contributed by atoms with Gasteiger partial charge in [-0.1, -0.05) is 70.4 Å². The maximum absolute atomic E-state index is 12.6. The number of allylic oxidation sites excluding steroid dienone is 2. The lowest BCUT2D eigenvalue weighted by atomic mass is 9.92. The van der Waals surface area contributed by atoms with Crippen LogP contribution >= 0.6 is 0 Å². The minimum atomic E-state index is 0.0587. The lowest BCUT2D eigenvalue weighted by molar-refractivity contribution is -0.114. The van der Waals surface area contributed by atoms with Crippen LogP contribution in [0.1, 0.15) is 70.4 Å². The highest BCUT2D eigenvalue weighted by Gasteiger charge is 2.11. The number of ether oxygens (including phenoxy) is 1. The van der Waals surface area contributed by atoms with Crippen molar-refractivity contribution in [1.82, 2.24) is 0 Å². The first-order chi connectivity index (χ1) is 19.2. The molecule has 0 aliphatic carbocycles. The van der Waals surface area contributed by atoms with Crippen LogP contribution in [0.25, 0.3) is 11.1 Å². The fraction of sp³-hybridized carbons (Fsp3) is 0.400. The Morgan fingerprint density at radius 3 is 2.35 bits per heavy atom. The average Bonchev–Trinajstić information content (AvgIpc) is 2.94. The highest BCUT2D eigenvalue weighted by Crippen LogP contribution is 2.31. The molecular formula is C35H44O5. The van der Waals surface area contributed by atoms with Crippen LogP contribution in [0.2, 0.25) is 0 Å². The zero-order valence-corrected chi connectivity index (χ0v) is 24.1. The molecule has 0 amide bonds. The second kappa shape index (κ2) is 15.8. The molecule has 214 valence electrons. The summed E-state index contributed by atoms with van der Waals surface area (Å²) in [6, 6.07) is 17.3. The number of benzene rings is 3. The van der Waals surface area contributed by atoms with Gasteiger partial charge in [0.15, 0.2) is 17.3 Å². The number of carbonyl (C=O) groups is 1. The first kappa shape index (κ1) is 30.8. The van der Waals surface area contributed by atoms with Crippen molar-refractivity contribution in [3.8, 4) is 34.1 Å². The largest absolute Gasteiger partial charge is 0.508 e. The van der Waals surface area contributed by atoms with Crippen molar-refractivity contribution >= 4 is 5.78 Å². The zero-order chi connectivity index (χ0) is 28.9. The molecule has 3 aromatic rings. The summed E-state index contributed by atoms with van der Waals surface area (Å²) in [7, 11) is 0. The highest BCUT2D eigenvalue weighted by molar-refractivity contribution is 5.89. The molecule has 5 nitrogen and oxygen atoms in total. The normalized spacial score (nSPS) is 12.2. The lowest BCUT2D eigenvalue weighted by Crippen LogP contribution is -2.04. The standard InChI is InChI=1S/C35H44O5/c1-4-5-6-26(8-7-25(2)3)9-15-30(36)16-10-27-11-20-34(39)35(23-27)40-22-21-29-14-19-32(38)24-33(29)28-12-17-31(37)18-13-28/h9,11-15,17-20,23-26,37-39H,4-8,10,16,21-22H2,1-3H3/t26-/m0/s1. The van der Waals surface area contributed by atoms with Crippen molar-refractivity contribution in [2.75, 3.05) is 6.61 Å². The van der Waals surface area contributed by atoms with E-state index in [9.17, 15) is 20.1 Å². The molecule has 0 fully saturated rings.